The Kier molecular flexibility index (Phi) is 5.73. The van der Waals surface area contributed by atoms with Crippen molar-refractivity contribution in [1.29, 1.82) is 0 Å². The molecular weight excluding hydrogens is 414 g/mol. The lowest BCUT2D eigenvalue weighted by molar-refractivity contribution is -0.141. The van der Waals surface area contributed by atoms with Crippen LogP contribution in [0.25, 0.3) is 10.9 Å². The average Bonchev–Trinajstić information content (AvgIpc) is 2.85. The van der Waals surface area contributed by atoms with Crippen molar-refractivity contribution < 1.29 is 9.90 Å². The summed E-state index contributed by atoms with van der Waals surface area (Å²) in [5, 5.41) is 11.0. The minimum absolute atomic E-state index is 0.363. The van der Waals surface area contributed by atoms with E-state index in [2.05, 4.69) is 39.6 Å². The van der Waals surface area contributed by atoms with Gasteiger partial charge in [0.05, 0.1) is 5.92 Å². The van der Waals surface area contributed by atoms with E-state index in [0.717, 1.165) is 28.3 Å². The Hall–Kier alpha value is -1.78. The number of aromatic nitrogens is 1. The van der Waals surface area contributed by atoms with Crippen LogP contribution in [0.5, 0.6) is 0 Å². The van der Waals surface area contributed by atoms with Crippen LogP contribution in [-0.2, 0) is 17.8 Å². The van der Waals surface area contributed by atoms with Gasteiger partial charge in [-0.05, 0) is 61.2 Å². The van der Waals surface area contributed by atoms with Crippen LogP contribution in [0.15, 0.2) is 46.9 Å². The molecule has 1 N–H and O–H groups in total. The number of fused-ring (bicyclic) bond motifs is 1. The standard InChI is InChI=1S/C21H21BrClNO2/c1-13(21(25)26)3-9-18-14(2)24(12-15-4-6-16(22)7-5-15)20-10-8-17(23)11-19(18)20/h4-8,10-11,13H,3,9,12H2,1-2H3,(H,25,26)/t13-/m0/s1. The number of aliphatic carboxylic acids is 1. The van der Waals surface area contributed by atoms with Gasteiger partial charge in [0.15, 0.2) is 0 Å². The fourth-order valence-corrected chi connectivity index (χ4v) is 3.74. The van der Waals surface area contributed by atoms with Gasteiger partial charge in [0.1, 0.15) is 0 Å². The predicted octanol–water partition coefficient (Wildman–Crippen LogP) is 6.07. The van der Waals surface area contributed by atoms with E-state index in [-0.39, 0.29) is 5.92 Å². The van der Waals surface area contributed by atoms with Crippen LogP contribution in [0, 0.1) is 12.8 Å². The second kappa shape index (κ2) is 7.85. The second-order valence-corrected chi connectivity index (χ2v) is 8.07. The van der Waals surface area contributed by atoms with E-state index in [1.807, 2.05) is 30.3 Å². The molecule has 0 aliphatic heterocycles. The molecule has 0 aliphatic carbocycles. The lowest BCUT2D eigenvalue weighted by Gasteiger charge is -2.10. The van der Waals surface area contributed by atoms with Crippen LogP contribution < -0.4 is 0 Å². The third-order valence-electron chi connectivity index (χ3n) is 4.92. The van der Waals surface area contributed by atoms with Crippen molar-refractivity contribution in [2.24, 2.45) is 5.92 Å². The predicted molar refractivity (Wildman–Crippen MR) is 110 cm³/mol. The van der Waals surface area contributed by atoms with Gasteiger partial charge >= 0.3 is 5.97 Å². The third kappa shape index (κ3) is 3.97. The number of carbonyl (C=O) groups is 1. The Labute approximate surface area is 166 Å². The molecule has 1 aromatic heterocycles. The Morgan fingerprint density at radius 3 is 2.58 bits per heavy atom. The Bertz CT molecular complexity index is 947. The molecule has 0 saturated heterocycles. The Balaban J connectivity index is 2.01. The van der Waals surface area contributed by atoms with E-state index >= 15 is 0 Å². The average molecular weight is 435 g/mol. The monoisotopic (exact) mass is 433 g/mol. The molecule has 3 aromatic rings. The van der Waals surface area contributed by atoms with Crippen molar-refractivity contribution in [3.8, 4) is 0 Å². The molecule has 0 aliphatic rings. The first-order valence-corrected chi connectivity index (χ1v) is 9.78. The maximum absolute atomic E-state index is 11.2. The van der Waals surface area contributed by atoms with Crippen molar-refractivity contribution >= 4 is 44.4 Å². The number of nitrogens with zero attached hydrogens (tertiary/aromatic N) is 1. The van der Waals surface area contributed by atoms with E-state index in [1.165, 1.54) is 16.8 Å². The van der Waals surface area contributed by atoms with Gasteiger partial charge < -0.3 is 9.67 Å². The van der Waals surface area contributed by atoms with Gasteiger partial charge in [0, 0.05) is 32.6 Å². The zero-order chi connectivity index (χ0) is 18.8. The van der Waals surface area contributed by atoms with E-state index in [0.29, 0.717) is 11.4 Å². The Morgan fingerprint density at radius 1 is 1.23 bits per heavy atom. The van der Waals surface area contributed by atoms with Gasteiger partial charge in [-0.25, -0.2) is 0 Å². The Morgan fingerprint density at radius 2 is 1.92 bits per heavy atom. The first-order chi connectivity index (χ1) is 12.4. The number of hydrogen-bond donors (Lipinski definition) is 1. The van der Waals surface area contributed by atoms with E-state index in [4.69, 9.17) is 11.6 Å². The van der Waals surface area contributed by atoms with E-state index in [9.17, 15) is 9.90 Å². The molecule has 3 rings (SSSR count). The third-order valence-corrected chi connectivity index (χ3v) is 5.68. The summed E-state index contributed by atoms with van der Waals surface area (Å²) in [6.45, 7) is 4.63. The second-order valence-electron chi connectivity index (χ2n) is 6.72. The number of carboxylic acid groups (broad SMARTS) is 1. The van der Waals surface area contributed by atoms with Crippen LogP contribution in [0.3, 0.4) is 0 Å². The van der Waals surface area contributed by atoms with Crippen LogP contribution in [-0.4, -0.2) is 15.6 Å². The molecule has 0 saturated carbocycles. The number of benzene rings is 2. The zero-order valence-corrected chi connectivity index (χ0v) is 17.1. The SMILES string of the molecule is Cc1c(CC[C@H](C)C(=O)O)c2cc(Cl)ccc2n1Cc1ccc(Br)cc1. The summed E-state index contributed by atoms with van der Waals surface area (Å²) >= 11 is 9.71. The fourth-order valence-electron chi connectivity index (χ4n) is 3.30. The van der Waals surface area contributed by atoms with Crippen molar-refractivity contribution in [1.82, 2.24) is 4.57 Å². The molecule has 5 heteroatoms. The van der Waals surface area contributed by atoms with Crippen LogP contribution >= 0.6 is 27.5 Å². The van der Waals surface area contributed by atoms with Crippen LogP contribution in [0.1, 0.15) is 30.2 Å². The summed E-state index contributed by atoms with van der Waals surface area (Å²) in [6.07, 6.45) is 1.34. The first kappa shape index (κ1) is 19.0. The lowest BCUT2D eigenvalue weighted by Crippen LogP contribution is -2.10. The summed E-state index contributed by atoms with van der Waals surface area (Å²) < 4.78 is 3.35. The summed E-state index contributed by atoms with van der Waals surface area (Å²) in [4.78, 5) is 11.2. The summed E-state index contributed by atoms with van der Waals surface area (Å²) in [7, 11) is 0. The van der Waals surface area contributed by atoms with Crippen molar-refractivity contribution in [2.45, 2.75) is 33.2 Å². The fraction of sp³-hybridized carbons (Fsp3) is 0.286. The molecular formula is C21H21BrClNO2. The van der Waals surface area contributed by atoms with Gasteiger partial charge in [-0.1, -0.05) is 46.6 Å². The molecule has 0 unspecified atom stereocenters. The zero-order valence-electron chi connectivity index (χ0n) is 14.8. The largest absolute Gasteiger partial charge is 0.481 e. The van der Waals surface area contributed by atoms with Crippen LogP contribution in [0.2, 0.25) is 5.02 Å². The highest BCUT2D eigenvalue weighted by Gasteiger charge is 2.17. The maximum Gasteiger partial charge on any atom is 0.306 e. The topological polar surface area (TPSA) is 42.2 Å². The summed E-state index contributed by atoms with van der Waals surface area (Å²) in [5.74, 6) is -1.11. The maximum atomic E-state index is 11.2. The van der Waals surface area contributed by atoms with Crippen LogP contribution in [0.4, 0.5) is 0 Å². The quantitative estimate of drug-likeness (QED) is 0.512. The van der Waals surface area contributed by atoms with Gasteiger partial charge in [0.25, 0.3) is 0 Å². The molecule has 1 heterocycles. The van der Waals surface area contributed by atoms with E-state index < -0.39 is 5.97 Å². The molecule has 2 aromatic carbocycles. The number of halogens is 2. The molecule has 0 spiro atoms. The molecule has 136 valence electrons. The highest BCUT2D eigenvalue weighted by molar-refractivity contribution is 9.10. The lowest BCUT2D eigenvalue weighted by atomic mass is 9.99. The molecule has 1 atom stereocenters. The minimum Gasteiger partial charge on any atom is -0.481 e. The van der Waals surface area contributed by atoms with Gasteiger partial charge in [-0.15, -0.1) is 0 Å². The van der Waals surface area contributed by atoms with Crippen molar-refractivity contribution in [3.63, 3.8) is 0 Å². The molecule has 0 radical (unpaired) electrons. The minimum atomic E-state index is -0.751. The molecule has 3 nitrogen and oxygen atoms in total. The highest BCUT2D eigenvalue weighted by Crippen LogP contribution is 2.31. The normalized spacial score (nSPS) is 12.5. The van der Waals surface area contributed by atoms with Gasteiger partial charge in [0.2, 0.25) is 0 Å². The number of aryl methyl sites for hydroxylation is 1. The van der Waals surface area contributed by atoms with Gasteiger partial charge in [-0.3, -0.25) is 4.79 Å². The van der Waals surface area contributed by atoms with Gasteiger partial charge in [-0.2, -0.15) is 0 Å². The highest BCUT2D eigenvalue weighted by atomic mass is 79.9. The van der Waals surface area contributed by atoms with Crippen molar-refractivity contribution in [3.05, 3.63) is 68.8 Å². The molecule has 0 fully saturated rings. The number of carboxylic acids is 1. The molecule has 0 bridgehead atoms. The van der Waals surface area contributed by atoms with Crippen molar-refractivity contribution in [2.75, 3.05) is 0 Å². The smallest absolute Gasteiger partial charge is 0.306 e. The number of rotatable bonds is 6. The first-order valence-electron chi connectivity index (χ1n) is 8.61. The summed E-state index contributed by atoms with van der Waals surface area (Å²) in [5.41, 5.74) is 4.71. The molecule has 26 heavy (non-hydrogen) atoms. The van der Waals surface area contributed by atoms with E-state index in [1.54, 1.807) is 6.92 Å². The summed E-state index contributed by atoms with van der Waals surface area (Å²) in [6, 6.07) is 14.3. The molecule has 0 amide bonds. The number of hydrogen-bond acceptors (Lipinski definition) is 1.